The van der Waals surface area contributed by atoms with E-state index < -0.39 is 35.6 Å². The van der Waals surface area contributed by atoms with Gasteiger partial charge in [-0.2, -0.15) is 13.2 Å². The van der Waals surface area contributed by atoms with Gasteiger partial charge in [0.2, 0.25) is 5.91 Å². The second-order valence-electron chi connectivity index (χ2n) is 5.74. The van der Waals surface area contributed by atoms with Crippen molar-refractivity contribution in [2.45, 2.75) is 31.5 Å². The number of rotatable bonds is 4. The third-order valence-electron chi connectivity index (χ3n) is 4.00. The summed E-state index contributed by atoms with van der Waals surface area (Å²) in [5, 5.41) is 9.14. The van der Waals surface area contributed by atoms with Gasteiger partial charge in [-0.15, -0.1) is 0 Å². The number of hydrogen-bond acceptors (Lipinski definition) is 3. The van der Waals surface area contributed by atoms with Crippen LogP contribution in [0.15, 0.2) is 24.3 Å². The lowest BCUT2D eigenvalue weighted by molar-refractivity contribution is -0.158. The lowest BCUT2D eigenvalue weighted by Crippen LogP contribution is -2.52. The van der Waals surface area contributed by atoms with Crippen molar-refractivity contribution in [2.75, 3.05) is 19.8 Å². The predicted molar refractivity (Wildman–Crippen MR) is 78.4 cm³/mol. The maximum atomic E-state index is 12.8. The maximum absolute atomic E-state index is 12.8. The summed E-state index contributed by atoms with van der Waals surface area (Å²) in [4.78, 5) is 24.8. The molecule has 1 aliphatic heterocycles. The number of halogens is 3. The van der Waals surface area contributed by atoms with Crippen LogP contribution in [0.4, 0.5) is 13.2 Å². The van der Waals surface area contributed by atoms with Gasteiger partial charge in [0.15, 0.2) is 6.04 Å². The largest absolute Gasteiger partial charge is 0.480 e. The van der Waals surface area contributed by atoms with Gasteiger partial charge < -0.3 is 14.7 Å². The molecule has 24 heavy (non-hydrogen) atoms. The third kappa shape index (κ3) is 4.25. The molecule has 5 nitrogen and oxygen atoms in total. The van der Waals surface area contributed by atoms with Crippen molar-refractivity contribution in [3.05, 3.63) is 35.4 Å². The quantitative estimate of drug-likeness (QED) is 0.911. The van der Waals surface area contributed by atoms with E-state index in [0.717, 1.165) is 12.1 Å². The molecule has 0 bridgehead atoms. The smallest absolute Gasteiger partial charge is 0.416 e. The molecule has 0 aromatic heterocycles. The zero-order chi connectivity index (χ0) is 17.9. The van der Waals surface area contributed by atoms with Crippen LogP contribution >= 0.6 is 0 Å². The SMILES string of the molecule is C[C@@H](CC(=O)N1CCOC[C@H]1C(=O)O)c1cccc(C(F)(F)F)c1. The van der Waals surface area contributed by atoms with E-state index in [1.807, 2.05) is 0 Å². The first-order valence-electron chi connectivity index (χ1n) is 7.47. The number of benzene rings is 1. The summed E-state index contributed by atoms with van der Waals surface area (Å²) in [6.45, 7) is 1.96. The first-order valence-corrected chi connectivity index (χ1v) is 7.47. The molecule has 0 aliphatic carbocycles. The Morgan fingerprint density at radius 3 is 2.75 bits per heavy atom. The summed E-state index contributed by atoms with van der Waals surface area (Å²) in [6, 6.07) is 3.77. The van der Waals surface area contributed by atoms with Crippen LogP contribution in [0.3, 0.4) is 0 Å². The number of aliphatic carboxylic acids is 1. The van der Waals surface area contributed by atoms with Crippen molar-refractivity contribution in [1.29, 1.82) is 0 Å². The van der Waals surface area contributed by atoms with Crippen molar-refractivity contribution < 1.29 is 32.6 Å². The van der Waals surface area contributed by atoms with Crippen LogP contribution in [0.1, 0.15) is 30.4 Å². The Labute approximate surface area is 137 Å². The number of carbonyl (C=O) groups is 2. The van der Waals surface area contributed by atoms with Gasteiger partial charge in [0.05, 0.1) is 18.8 Å². The number of ether oxygens (including phenoxy) is 1. The standard InChI is InChI=1S/C16H18F3NO4/c1-10(11-3-2-4-12(8-11)16(17,18)19)7-14(21)20-5-6-24-9-13(20)15(22)23/h2-4,8,10,13H,5-7,9H2,1H3,(H,22,23)/t10-,13-/m0/s1. The summed E-state index contributed by atoms with van der Waals surface area (Å²) in [5.74, 6) is -2.03. The third-order valence-corrected chi connectivity index (χ3v) is 4.00. The van der Waals surface area contributed by atoms with Crippen molar-refractivity contribution in [1.82, 2.24) is 4.90 Å². The maximum Gasteiger partial charge on any atom is 0.416 e. The molecule has 1 heterocycles. The zero-order valence-corrected chi connectivity index (χ0v) is 13.0. The minimum Gasteiger partial charge on any atom is -0.480 e. The number of alkyl halides is 3. The molecule has 1 amide bonds. The van der Waals surface area contributed by atoms with E-state index >= 15 is 0 Å². The van der Waals surface area contributed by atoms with Crippen molar-refractivity contribution in [2.24, 2.45) is 0 Å². The van der Waals surface area contributed by atoms with E-state index in [4.69, 9.17) is 9.84 Å². The van der Waals surface area contributed by atoms with Gasteiger partial charge in [-0.25, -0.2) is 4.79 Å². The van der Waals surface area contributed by atoms with Crippen LogP contribution in [0, 0.1) is 0 Å². The van der Waals surface area contributed by atoms with Crippen LogP contribution in [0.2, 0.25) is 0 Å². The number of carboxylic acid groups (broad SMARTS) is 1. The van der Waals surface area contributed by atoms with Gasteiger partial charge in [-0.05, 0) is 17.5 Å². The molecule has 0 radical (unpaired) electrons. The molecule has 1 aliphatic rings. The van der Waals surface area contributed by atoms with E-state index in [-0.39, 0.29) is 26.2 Å². The minimum atomic E-state index is -4.45. The lowest BCUT2D eigenvalue weighted by Gasteiger charge is -2.33. The monoisotopic (exact) mass is 345 g/mol. The fraction of sp³-hybridized carbons (Fsp3) is 0.500. The number of amides is 1. The average molecular weight is 345 g/mol. The lowest BCUT2D eigenvalue weighted by atomic mass is 9.95. The molecule has 1 aromatic carbocycles. The van der Waals surface area contributed by atoms with Gasteiger partial charge in [0.1, 0.15) is 0 Å². The topological polar surface area (TPSA) is 66.8 Å². The van der Waals surface area contributed by atoms with Gasteiger partial charge in [-0.3, -0.25) is 4.79 Å². The summed E-state index contributed by atoms with van der Waals surface area (Å²) in [6.07, 6.45) is -4.51. The molecule has 2 rings (SSSR count). The fourth-order valence-electron chi connectivity index (χ4n) is 2.63. The molecule has 1 fully saturated rings. The summed E-state index contributed by atoms with van der Waals surface area (Å²) < 4.78 is 43.4. The molecule has 132 valence electrons. The summed E-state index contributed by atoms with van der Waals surface area (Å²) in [7, 11) is 0. The van der Waals surface area contributed by atoms with Gasteiger partial charge in [0.25, 0.3) is 0 Å². The Morgan fingerprint density at radius 1 is 1.42 bits per heavy atom. The van der Waals surface area contributed by atoms with E-state index in [1.54, 1.807) is 6.92 Å². The highest BCUT2D eigenvalue weighted by atomic mass is 19.4. The van der Waals surface area contributed by atoms with E-state index in [2.05, 4.69) is 0 Å². The highest BCUT2D eigenvalue weighted by Gasteiger charge is 2.34. The van der Waals surface area contributed by atoms with Crippen LogP contribution in [0.25, 0.3) is 0 Å². The Hall–Kier alpha value is -2.09. The molecule has 0 saturated carbocycles. The van der Waals surface area contributed by atoms with E-state index in [1.165, 1.54) is 17.0 Å². The summed E-state index contributed by atoms with van der Waals surface area (Å²) >= 11 is 0. The molecule has 0 spiro atoms. The van der Waals surface area contributed by atoms with E-state index in [0.29, 0.717) is 5.56 Å². The second-order valence-corrected chi connectivity index (χ2v) is 5.74. The van der Waals surface area contributed by atoms with Crippen LogP contribution < -0.4 is 0 Å². The van der Waals surface area contributed by atoms with Crippen LogP contribution in [-0.2, 0) is 20.5 Å². The Kier molecular flexibility index (Phi) is 5.48. The molecule has 1 aromatic rings. The molecule has 1 N–H and O–H groups in total. The van der Waals surface area contributed by atoms with Crippen LogP contribution in [0.5, 0.6) is 0 Å². The summed E-state index contributed by atoms with van der Waals surface area (Å²) in [5.41, 5.74) is -0.382. The van der Waals surface area contributed by atoms with Gasteiger partial charge in [0, 0.05) is 13.0 Å². The highest BCUT2D eigenvalue weighted by Crippen LogP contribution is 2.32. The molecule has 2 atom stereocenters. The van der Waals surface area contributed by atoms with Gasteiger partial charge in [-0.1, -0.05) is 25.1 Å². The Balaban J connectivity index is 2.10. The zero-order valence-electron chi connectivity index (χ0n) is 13.0. The molecule has 0 unspecified atom stereocenters. The average Bonchev–Trinajstić information content (AvgIpc) is 2.54. The van der Waals surface area contributed by atoms with Crippen molar-refractivity contribution in [3.63, 3.8) is 0 Å². The predicted octanol–water partition coefficient (Wildman–Crippen LogP) is 2.51. The number of nitrogens with zero attached hydrogens (tertiary/aromatic N) is 1. The first kappa shape index (κ1) is 18.3. The van der Waals surface area contributed by atoms with E-state index in [9.17, 15) is 22.8 Å². The van der Waals surface area contributed by atoms with Crippen LogP contribution in [-0.4, -0.2) is 47.7 Å². The number of carbonyl (C=O) groups excluding carboxylic acids is 1. The molecular weight excluding hydrogens is 327 g/mol. The molecular formula is C16H18F3NO4. The first-order chi connectivity index (χ1) is 11.2. The number of morpholine rings is 1. The normalized spacial score (nSPS) is 19.8. The molecule has 1 saturated heterocycles. The highest BCUT2D eigenvalue weighted by molar-refractivity contribution is 5.84. The number of hydrogen-bond donors (Lipinski definition) is 1. The second kappa shape index (κ2) is 7.21. The Morgan fingerprint density at radius 2 is 2.12 bits per heavy atom. The van der Waals surface area contributed by atoms with Crippen molar-refractivity contribution in [3.8, 4) is 0 Å². The minimum absolute atomic E-state index is 0.0644. The number of carboxylic acids is 1. The van der Waals surface area contributed by atoms with Crippen molar-refractivity contribution >= 4 is 11.9 Å². The Bertz CT molecular complexity index is 618. The van der Waals surface area contributed by atoms with Gasteiger partial charge >= 0.3 is 12.1 Å². The molecule has 8 heteroatoms. The fourth-order valence-corrected chi connectivity index (χ4v) is 2.63.